The van der Waals surface area contributed by atoms with Gasteiger partial charge < -0.3 is 30.1 Å². The molecule has 0 aliphatic rings. The molecule has 18 rings (SSSR count). The van der Waals surface area contributed by atoms with Gasteiger partial charge in [0.1, 0.15) is 0 Å². The number of benzene rings is 15. The van der Waals surface area contributed by atoms with Gasteiger partial charge in [0.2, 0.25) is 0 Å². The van der Waals surface area contributed by atoms with Crippen LogP contribution in [0.15, 0.2) is 346 Å². The van der Waals surface area contributed by atoms with Gasteiger partial charge >= 0.3 is 21.4 Å². The van der Waals surface area contributed by atoms with Crippen LogP contribution in [0.3, 0.4) is 0 Å². The van der Waals surface area contributed by atoms with E-state index in [-0.39, 0.29) is 0 Å². The fourth-order valence-electron chi connectivity index (χ4n) is 13.9. The molecule has 0 unspecified atom stereocenters. The van der Waals surface area contributed by atoms with E-state index < -0.39 is 21.4 Å². The first-order valence-electron chi connectivity index (χ1n) is 33.8. The summed E-state index contributed by atoms with van der Waals surface area (Å²) in [6.45, 7) is 0. The molecule has 486 valence electrons. The molecule has 0 radical (unpaired) electrons. The molecule has 0 spiro atoms. The van der Waals surface area contributed by atoms with Crippen LogP contribution in [0.1, 0.15) is 0 Å². The molecule has 0 bridgehead atoms. The molecule has 3 aromatic heterocycles. The largest absolute Gasteiger partial charge is 0.488 e. The molecule has 15 aromatic carbocycles. The average molecular weight is 1370 g/mol. The second-order valence-corrected chi connectivity index (χ2v) is 28.3. The number of fused-ring (bicyclic) bond motifs is 9. The van der Waals surface area contributed by atoms with Crippen LogP contribution in [0, 0.1) is 0 Å². The van der Waals surface area contributed by atoms with Crippen molar-refractivity contribution < 1.29 is 30.1 Å². The number of rotatable bonds is 12. The Labute approximate surface area is 604 Å². The van der Waals surface area contributed by atoms with Crippen LogP contribution in [0.25, 0.3) is 161 Å². The van der Waals surface area contributed by atoms with Crippen molar-refractivity contribution in [3.8, 4) is 100 Å². The monoisotopic (exact) mass is 1370 g/mol. The minimum atomic E-state index is -1.46. The standard InChI is InChI=1S/3C30H21BO2S/c32-31(33)24-17-15-21(16-18-24)25-11-5-13-27-28-14-6-12-26(30(28)34-29(25)27)23-10-4-9-22(19-23)20-7-2-1-3-8-20;32-31(33)24-18-16-23(17-19-24)26-9-5-11-28-27-10-4-8-25(29(27)34-30(26)28)22-14-12-21(13-15-22)20-6-2-1-3-7-20;32-31(33)22-18-16-21(17-19-22)24-12-6-14-27-28-15-7-13-26(30(28)34-29(24)27)25-11-5-4-10-23(25)20-8-2-1-3-9-20/h3*1-19,32-33H. The fraction of sp³-hybridized carbons (Fsp3) is 0. The van der Waals surface area contributed by atoms with Crippen LogP contribution in [-0.2, 0) is 0 Å². The average Bonchev–Trinajstić information content (AvgIpc) is 1.61. The van der Waals surface area contributed by atoms with Crippen LogP contribution in [0.4, 0.5) is 0 Å². The van der Waals surface area contributed by atoms with Gasteiger partial charge in [0.05, 0.1) is 0 Å². The maximum Gasteiger partial charge on any atom is 0.488 e. The molecular formula is C90H63B3O6S3. The summed E-state index contributed by atoms with van der Waals surface area (Å²) in [7, 11) is -4.37. The summed E-state index contributed by atoms with van der Waals surface area (Å²) >= 11 is 5.46. The molecule has 3 heterocycles. The molecular weight excluding hydrogens is 1310 g/mol. The maximum absolute atomic E-state index is 9.45. The van der Waals surface area contributed by atoms with Crippen LogP contribution in [0.2, 0.25) is 0 Å². The SMILES string of the molecule is OB(O)c1ccc(-c2cccc3c2sc2c(-c4ccc(-c5ccccc5)cc4)cccc23)cc1.OB(O)c1ccc(-c2cccc3c2sc2c(-c4cccc(-c5ccccc5)c4)cccc23)cc1.OB(O)c1ccc(-c2cccc3c2sc2c(-c4ccccc4-c4ccccc4)cccc23)cc1. The molecule has 0 aliphatic heterocycles. The zero-order valence-electron chi connectivity index (χ0n) is 55.0. The molecule has 6 N–H and O–H groups in total. The van der Waals surface area contributed by atoms with Crippen molar-refractivity contribution in [1.29, 1.82) is 0 Å². The molecule has 0 aliphatic carbocycles. The van der Waals surface area contributed by atoms with Crippen molar-refractivity contribution in [2.75, 3.05) is 0 Å². The van der Waals surface area contributed by atoms with Gasteiger partial charge in [0.25, 0.3) is 0 Å². The highest BCUT2D eigenvalue weighted by Crippen LogP contribution is 2.48. The Kier molecular flexibility index (Phi) is 18.5. The summed E-state index contributed by atoms with van der Waals surface area (Å²) in [6, 6.07) is 119. The molecule has 0 saturated carbocycles. The van der Waals surface area contributed by atoms with E-state index in [1.54, 1.807) is 36.4 Å². The summed E-state index contributed by atoms with van der Waals surface area (Å²) < 4.78 is 7.54. The first kappa shape index (κ1) is 65.5. The number of hydrogen-bond acceptors (Lipinski definition) is 9. The van der Waals surface area contributed by atoms with Crippen LogP contribution >= 0.6 is 34.0 Å². The molecule has 0 saturated heterocycles. The molecule has 0 fully saturated rings. The zero-order chi connectivity index (χ0) is 69.2. The highest BCUT2D eigenvalue weighted by Gasteiger charge is 2.21. The Morgan fingerprint density at radius 3 is 0.725 bits per heavy atom. The van der Waals surface area contributed by atoms with Gasteiger partial charge in [0.15, 0.2) is 0 Å². The molecule has 102 heavy (non-hydrogen) atoms. The van der Waals surface area contributed by atoms with Crippen LogP contribution in [0.5, 0.6) is 0 Å². The van der Waals surface area contributed by atoms with Crippen molar-refractivity contribution >= 4 is 132 Å². The highest BCUT2D eigenvalue weighted by molar-refractivity contribution is 7.27. The lowest BCUT2D eigenvalue weighted by atomic mass is 9.80. The first-order chi connectivity index (χ1) is 50.1. The summed E-state index contributed by atoms with van der Waals surface area (Å²) in [5.41, 5.74) is 22.8. The Morgan fingerprint density at radius 1 is 0.157 bits per heavy atom. The molecule has 6 nitrogen and oxygen atoms in total. The zero-order valence-corrected chi connectivity index (χ0v) is 57.5. The Hall–Kier alpha value is -11.1. The first-order valence-corrected chi connectivity index (χ1v) is 36.2. The second-order valence-electron chi connectivity index (χ2n) is 25.2. The smallest absolute Gasteiger partial charge is 0.423 e. The predicted molar refractivity (Wildman–Crippen MR) is 436 cm³/mol. The quantitative estimate of drug-likeness (QED) is 0.0678. The molecule has 12 heteroatoms. The third kappa shape index (κ3) is 13.0. The summed E-state index contributed by atoms with van der Waals surface area (Å²) in [5, 5.41) is 64.1. The van der Waals surface area contributed by atoms with Crippen molar-refractivity contribution in [2.45, 2.75) is 0 Å². The second kappa shape index (κ2) is 28.9. The molecule has 0 amide bonds. The fourth-order valence-corrected chi connectivity index (χ4v) is 18.0. The highest BCUT2D eigenvalue weighted by atomic mass is 32.1. The topological polar surface area (TPSA) is 121 Å². The van der Waals surface area contributed by atoms with E-state index in [9.17, 15) is 30.1 Å². The lowest BCUT2D eigenvalue weighted by Gasteiger charge is -2.11. The molecule has 18 aromatic rings. The lowest BCUT2D eigenvalue weighted by Crippen LogP contribution is -2.29. The lowest BCUT2D eigenvalue weighted by molar-refractivity contribution is 0.424. The van der Waals surface area contributed by atoms with Crippen molar-refractivity contribution in [1.82, 2.24) is 0 Å². The van der Waals surface area contributed by atoms with E-state index in [0.717, 1.165) is 33.4 Å². The van der Waals surface area contributed by atoms with Crippen molar-refractivity contribution in [2.24, 2.45) is 0 Å². The third-order valence-electron chi connectivity index (χ3n) is 19.0. The Morgan fingerprint density at radius 2 is 0.373 bits per heavy atom. The van der Waals surface area contributed by atoms with Gasteiger partial charge in [-0.25, -0.2) is 0 Å². The normalized spacial score (nSPS) is 11.2. The van der Waals surface area contributed by atoms with Crippen LogP contribution < -0.4 is 16.4 Å². The third-order valence-corrected chi connectivity index (χ3v) is 22.9. The van der Waals surface area contributed by atoms with E-state index in [1.807, 2.05) is 88.6 Å². The van der Waals surface area contributed by atoms with Crippen molar-refractivity contribution in [3.05, 3.63) is 346 Å². The van der Waals surface area contributed by atoms with E-state index in [1.165, 1.54) is 127 Å². The van der Waals surface area contributed by atoms with Gasteiger partial charge in [-0.3, -0.25) is 0 Å². The summed E-state index contributed by atoms with van der Waals surface area (Å²) in [5.74, 6) is 0. The van der Waals surface area contributed by atoms with Crippen molar-refractivity contribution in [3.63, 3.8) is 0 Å². The number of thiophene rings is 3. The predicted octanol–water partition coefficient (Wildman–Crippen LogP) is 20.2. The van der Waals surface area contributed by atoms with Gasteiger partial charge in [-0.2, -0.15) is 0 Å². The van der Waals surface area contributed by atoms with E-state index >= 15 is 0 Å². The number of hydrogen-bond donors (Lipinski definition) is 6. The van der Waals surface area contributed by atoms with Crippen LogP contribution in [-0.4, -0.2) is 51.5 Å². The summed E-state index contributed by atoms with van der Waals surface area (Å²) in [6.07, 6.45) is 0. The minimum absolute atomic E-state index is 0.493. The van der Waals surface area contributed by atoms with Gasteiger partial charge in [-0.15, -0.1) is 34.0 Å². The Balaban J connectivity index is 0.000000118. The Bertz CT molecular complexity index is 6020. The van der Waals surface area contributed by atoms with E-state index in [2.05, 4.69) is 255 Å². The maximum atomic E-state index is 9.45. The van der Waals surface area contributed by atoms with E-state index in [4.69, 9.17) is 0 Å². The van der Waals surface area contributed by atoms with Gasteiger partial charge in [-0.05, 0) is 117 Å². The summed E-state index contributed by atoms with van der Waals surface area (Å²) in [4.78, 5) is 0. The van der Waals surface area contributed by atoms with Gasteiger partial charge in [-0.1, -0.05) is 340 Å². The molecule has 0 atom stereocenters. The van der Waals surface area contributed by atoms with E-state index in [0.29, 0.717) is 16.4 Å². The minimum Gasteiger partial charge on any atom is -0.423 e. The van der Waals surface area contributed by atoms with Gasteiger partial charge in [0, 0.05) is 66.1 Å².